The Morgan fingerprint density at radius 2 is 1.88 bits per heavy atom. The second kappa shape index (κ2) is 10.4. The topological polar surface area (TPSA) is 26.3 Å². The molecule has 0 unspecified atom stereocenters. The van der Waals surface area contributed by atoms with Crippen LogP contribution in [-0.2, 0) is 9.53 Å². The first-order chi connectivity index (χ1) is 8.07. The van der Waals surface area contributed by atoms with Crippen LogP contribution in [-0.4, -0.2) is 12.6 Å². The number of carbonyl (C=O) groups excluding carboxylic acids is 1. The summed E-state index contributed by atoms with van der Waals surface area (Å²) in [6.07, 6.45) is 7.47. The summed E-state index contributed by atoms with van der Waals surface area (Å²) in [4.78, 5) is 11.5. The highest BCUT2D eigenvalue weighted by atomic mass is 16.5. The highest BCUT2D eigenvalue weighted by Crippen LogP contribution is 2.10. The van der Waals surface area contributed by atoms with Crippen LogP contribution in [0.25, 0.3) is 0 Å². The number of carbonyl (C=O) groups is 1. The van der Waals surface area contributed by atoms with Crippen molar-refractivity contribution in [2.24, 2.45) is 5.92 Å². The van der Waals surface area contributed by atoms with E-state index in [0.29, 0.717) is 12.2 Å². The normalized spacial score (nSPS) is 10.6. The van der Waals surface area contributed by atoms with Crippen molar-refractivity contribution in [3.63, 3.8) is 0 Å². The van der Waals surface area contributed by atoms with Crippen molar-refractivity contribution in [2.45, 2.75) is 65.7 Å². The quantitative estimate of drug-likeness (QED) is 0.319. The Kier molecular flexibility index (Phi) is 9.89. The lowest BCUT2D eigenvalue weighted by atomic mass is 10.1. The molecule has 0 aromatic rings. The Labute approximate surface area is 106 Å². The molecule has 100 valence electrons. The molecule has 0 aromatic carbocycles. The summed E-state index contributed by atoms with van der Waals surface area (Å²) >= 11 is 0. The summed E-state index contributed by atoms with van der Waals surface area (Å²) in [6, 6.07) is 0. The van der Waals surface area contributed by atoms with E-state index in [1.807, 2.05) is 0 Å². The predicted octanol–water partition coefficient (Wildman–Crippen LogP) is 4.49. The van der Waals surface area contributed by atoms with Crippen LogP contribution in [0.4, 0.5) is 0 Å². The molecule has 2 heteroatoms. The molecule has 0 aliphatic rings. The molecule has 0 bridgehead atoms. The van der Waals surface area contributed by atoms with Gasteiger partial charge in [-0.15, -0.1) is 0 Å². The van der Waals surface area contributed by atoms with E-state index in [0.717, 1.165) is 38.0 Å². The van der Waals surface area contributed by atoms with Crippen LogP contribution in [0, 0.1) is 5.92 Å². The maximum Gasteiger partial charge on any atom is 0.333 e. The van der Waals surface area contributed by atoms with Crippen molar-refractivity contribution < 1.29 is 9.53 Å². The predicted molar refractivity (Wildman–Crippen MR) is 72.9 cm³/mol. The summed E-state index contributed by atoms with van der Waals surface area (Å²) in [5.41, 5.74) is 0.619. The largest absolute Gasteiger partial charge is 0.462 e. The highest BCUT2D eigenvalue weighted by molar-refractivity contribution is 5.87. The van der Waals surface area contributed by atoms with Gasteiger partial charge >= 0.3 is 5.97 Å². The van der Waals surface area contributed by atoms with Crippen molar-refractivity contribution in [3.8, 4) is 0 Å². The molecule has 0 aliphatic heterocycles. The molecule has 0 amide bonds. The minimum Gasteiger partial charge on any atom is -0.462 e. The maximum absolute atomic E-state index is 11.5. The van der Waals surface area contributed by atoms with Gasteiger partial charge in [0.05, 0.1) is 6.61 Å². The van der Waals surface area contributed by atoms with E-state index in [2.05, 4.69) is 27.4 Å². The van der Waals surface area contributed by atoms with Gasteiger partial charge in [-0.2, -0.15) is 0 Å². The highest BCUT2D eigenvalue weighted by Gasteiger charge is 2.07. The minimum absolute atomic E-state index is 0.206. The van der Waals surface area contributed by atoms with Gasteiger partial charge in [-0.3, -0.25) is 0 Å². The number of ether oxygens (including phenoxy) is 1. The number of unbranched alkanes of at least 4 members (excludes halogenated alkanes) is 3. The van der Waals surface area contributed by atoms with E-state index in [4.69, 9.17) is 4.74 Å². The number of esters is 1. The SMILES string of the molecule is C=C(CCCC)C(=O)OCCCCCC(C)C. The average molecular weight is 240 g/mol. The van der Waals surface area contributed by atoms with Crippen molar-refractivity contribution in [2.75, 3.05) is 6.61 Å². The molecule has 0 saturated carbocycles. The summed E-state index contributed by atoms with van der Waals surface area (Å²) < 4.78 is 5.17. The Morgan fingerprint density at radius 1 is 1.18 bits per heavy atom. The van der Waals surface area contributed by atoms with Gasteiger partial charge in [-0.05, 0) is 25.2 Å². The molecule has 0 fully saturated rings. The summed E-state index contributed by atoms with van der Waals surface area (Å²) in [5, 5.41) is 0. The molecule has 0 atom stereocenters. The van der Waals surface area contributed by atoms with E-state index in [-0.39, 0.29) is 5.97 Å². The van der Waals surface area contributed by atoms with Crippen LogP contribution in [0.2, 0.25) is 0 Å². The Hall–Kier alpha value is -0.790. The Bertz CT molecular complexity index is 219. The number of hydrogen-bond donors (Lipinski definition) is 0. The summed E-state index contributed by atoms with van der Waals surface area (Å²) in [5.74, 6) is 0.564. The second-order valence-corrected chi connectivity index (χ2v) is 5.09. The standard InChI is InChI=1S/C15H28O2/c1-5-6-11-14(4)15(16)17-12-9-7-8-10-13(2)3/h13H,4-12H2,1-3H3. The van der Waals surface area contributed by atoms with Crippen LogP contribution in [0.3, 0.4) is 0 Å². The fraction of sp³-hybridized carbons (Fsp3) is 0.800. The van der Waals surface area contributed by atoms with Gasteiger partial charge in [0.25, 0.3) is 0 Å². The number of rotatable bonds is 10. The molecule has 2 nitrogen and oxygen atoms in total. The molecule has 0 aromatic heterocycles. The van der Waals surface area contributed by atoms with Crippen LogP contribution in [0.1, 0.15) is 65.7 Å². The van der Waals surface area contributed by atoms with Crippen molar-refractivity contribution >= 4 is 5.97 Å². The molecule has 0 saturated heterocycles. The molecule has 0 aliphatic carbocycles. The van der Waals surface area contributed by atoms with Gasteiger partial charge in [0.2, 0.25) is 0 Å². The van der Waals surface area contributed by atoms with Gasteiger partial charge in [0.1, 0.15) is 0 Å². The third kappa shape index (κ3) is 10.1. The van der Waals surface area contributed by atoms with E-state index in [9.17, 15) is 4.79 Å². The molecule has 0 N–H and O–H groups in total. The van der Waals surface area contributed by atoms with E-state index >= 15 is 0 Å². The van der Waals surface area contributed by atoms with E-state index in [1.165, 1.54) is 12.8 Å². The van der Waals surface area contributed by atoms with E-state index < -0.39 is 0 Å². The third-order valence-corrected chi connectivity index (χ3v) is 2.78. The maximum atomic E-state index is 11.5. The van der Waals surface area contributed by atoms with E-state index in [1.54, 1.807) is 0 Å². The van der Waals surface area contributed by atoms with Crippen LogP contribution in [0.5, 0.6) is 0 Å². The summed E-state index contributed by atoms with van der Waals surface area (Å²) in [7, 11) is 0. The van der Waals surface area contributed by atoms with Crippen LogP contribution >= 0.6 is 0 Å². The van der Waals surface area contributed by atoms with Crippen molar-refractivity contribution in [3.05, 3.63) is 12.2 Å². The molecule has 0 spiro atoms. The van der Waals surface area contributed by atoms with Gasteiger partial charge in [0, 0.05) is 5.57 Å². The lowest BCUT2D eigenvalue weighted by molar-refractivity contribution is -0.139. The first-order valence-electron chi connectivity index (χ1n) is 6.92. The molecule has 0 rings (SSSR count). The lowest BCUT2D eigenvalue weighted by Crippen LogP contribution is -2.08. The molecular weight excluding hydrogens is 212 g/mol. The smallest absolute Gasteiger partial charge is 0.333 e. The van der Waals surface area contributed by atoms with Gasteiger partial charge < -0.3 is 4.74 Å². The van der Waals surface area contributed by atoms with Gasteiger partial charge in [-0.25, -0.2) is 4.79 Å². The fourth-order valence-electron chi connectivity index (χ4n) is 1.59. The average Bonchev–Trinajstić information content (AvgIpc) is 2.29. The first kappa shape index (κ1) is 16.2. The second-order valence-electron chi connectivity index (χ2n) is 5.09. The van der Waals surface area contributed by atoms with Crippen LogP contribution < -0.4 is 0 Å². The van der Waals surface area contributed by atoms with Gasteiger partial charge in [0.15, 0.2) is 0 Å². The van der Waals surface area contributed by atoms with Crippen molar-refractivity contribution in [1.82, 2.24) is 0 Å². The minimum atomic E-state index is -0.206. The zero-order chi connectivity index (χ0) is 13.1. The zero-order valence-electron chi connectivity index (χ0n) is 11.8. The molecule has 0 heterocycles. The Morgan fingerprint density at radius 3 is 2.47 bits per heavy atom. The summed E-state index contributed by atoms with van der Waals surface area (Å²) in [6.45, 7) is 10.9. The zero-order valence-corrected chi connectivity index (χ0v) is 11.8. The molecule has 17 heavy (non-hydrogen) atoms. The fourth-order valence-corrected chi connectivity index (χ4v) is 1.59. The monoisotopic (exact) mass is 240 g/mol. The molecule has 0 radical (unpaired) electrons. The van der Waals surface area contributed by atoms with Crippen LogP contribution in [0.15, 0.2) is 12.2 Å². The number of hydrogen-bond acceptors (Lipinski definition) is 2. The lowest BCUT2D eigenvalue weighted by Gasteiger charge is -2.07. The Balaban J connectivity index is 3.41. The van der Waals surface area contributed by atoms with Gasteiger partial charge in [-0.1, -0.05) is 53.0 Å². The third-order valence-electron chi connectivity index (χ3n) is 2.78. The van der Waals surface area contributed by atoms with Crippen molar-refractivity contribution in [1.29, 1.82) is 0 Å². The first-order valence-corrected chi connectivity index (χ1v) is 6.92. The molecular formula is C15H28O2.